The molecule has 0 radical (unpaired) electrons. The Morgan fingerprint density at radius 1 is 1.11 bits per heavy atom. The Morgan fingerprint density at radius 3 is 2.39 bits per heavy atom. The number of aromatic nitrogens is 1. The Hall–Kier alpha value is -3.26. The minimum Gasteiger partial charge on any atom is -0.481 e. The zero-order chi connectivity index (χ0) is 26.2. The summed E-state index contributed by atoms with van der Waals surface area (Å²) in [5.74, 6) is -0.881. The van der Waals surface area contributed by atoms with Crippen molar-refractivity contribution in [3.8, 4) is 21.7 Å². The maximum atomic E-state index is 11.7. The fraction of sp³-hybridized carbons (Fsp3) is 0.250. The number of nitrogens with zero attached hydrogens (tertiary/aromatic N) is 1. The first-order valence-corrected chi connectivity index (χ1v) is 12.6. The van der Waals surface area contributed by atoms with Crippen LogP contribution in [-0.2, 0) is 22.4 Å². The van der Waals surface area contributed by atoms with Crippen LogP contribution in [-0.4, -0.2) is 32.7 Å². The van der Waals surface area contributed by atoms with E-state index in [0.29, 0.717) is 11.4 Å². The van der Waals surface area contributed by atoms with Gasteiger partial charge in [0.2, 0.25) is 5.91 Å². The summed E-state index contributed by atoms with van der Waals surface area (Å²) in [6.45, 7) is 7.15. The van der Waals surface area contributed by atoms with Crippen molar-refractivity contribution in [3.63, 3.8) is 0 Å². The number of nitrogens with one attached hydrogen (secondary N) is 1. The van der Waals surface area contributed by atoms with E-state index in [1.807, 2.05) is 55.5 Å². The van der Waals surface area contributed by atoms with Gasteiger partial charge in [0.1, 0.15) is 5.01 Å². The number of benzene rings is 3. The van der Waals surface area contributed by atoms with E-state index < -0.39 is 11.6 Å². The number of hydrogen-bond acceptors (Lipinski definition) is 5. The van der Waals surface area contributed by atoms with Gasteiger partial charge >= 0.3 is 5.97 Å². The molecule has 1 amide bonds. The zero-order valence-corrected chi connectivity index (χ0v) is 22.0. The molecule has 5 rings (SSSR count). The van der Waals surface area contributed by atoms with E-state index in [0.717, 1.165) is 54.3 Å². The van der Waals surface area contributed by atoms with Crippen molar-refractivity contribution in [2.24, 2.45) is 0 Å². The summed E-state index contributed by atoms with van der Waals surface area (Å²) in [4.78, 5) is 28.1. The van der Waals surface area contributed by atoms with Gasteiger partial charge in [-0.05, 0) is 86.3 Å². The van der Waals surface area contributed by atoms with Crippen LogP contribution in [0.4, 0.5) is 5.69 Å². The molecule has 0 fully saturated rings. The topological polar surface area (TPSA) is 99.5 Å². The summed E-state index contributed by atoms with van der Waals surface area (Å²) in [5, 5.41) is 22.3. The van der Waals surface area contributed by atoms with Gasteiger partial charge in [-0.3, -0.25) is 9.59 Å². The van der Waals surface area contributed by atoms with Crippen LogP contribution in [0.15, 0.2) is 48.5 Å². The van der Waals surface area contributed by atoms with Gasteiger partial charge in [0.05, 0.1) is 28.7 Å². The number of carbonyl (C=O) groups is 2. The molecule has 0 atom stereocenters. The molecule has 0 spiro atoms. The van der Waals surface area contributed by atoms with Gasteiger partial charge in [0.25, 0.3) is 0 Å². The summed E-state index contributed by atoms with van der Waals surface area (Å²) in [6.07, 6.45) is 0.297. The minimum absolute atomic E-state index is 0.00425. The predicted molar refractivity (Wildman–Crippen MR) is 146 cm³/mol. The minimum atomic E-state index is -0.877. The summed E-state index contributed by atoms with van der Waals surface area (Å²) < 4.78 is 0.939. The third kappa shape index (κ3) is 5.93. The Morgan fingerprint density at radius 2 is 1.75 bits per heavy atom. The van der Waals surface area contributed by atoms with Gasteiger partial charge in [-0.1, -0.05) is 23.7 Å². The predicted octanol–water partition coefficient (Wildman–Crippen LogP) is 6.49. The smallest absolute Gasteiger partial charge is 0.307 e. The first-order valence-electron chi connectivity index (χ1n) is 11.5. The first kappa shape index (κ1) is 25.8. The lowest BCUT2D eigenvalue weighted by Crippen LogP contribution is -2.10. The SMILES string of the molecule is CC(C)(C)O.Cc1cc2nc(-c3ccc4c(c3)CC(=O)N4)sc2c(-c2ccc(Cl)cc2)c1CC(=O)O. The zero-order valence-electron chi connectivity index (χ0n) is 20.5. The van der Waals surface area contributed by atoms with E-state index in [1.54, 1.807) is 20.8 Å². The van der Waals surface area contributed by atoms with Crippen molar-refractivity contribution in [3.05, 3.63) is 70.2 Å². The molecule has 0 unspecified atom stereocenters. The fourth-order valence-electron chi connectivity index (χ4n) is 4.02. The molecule has 1 aliphatic heterocycles. The number of carboxylic acids is 1. The van der Waals surface area contributed by atoms with Crippen molar-refractivity contribution in [1.82, 2.24) is 4.98 Å². The van der Waals surface area contributed by atoms with Crippen molar-refractivity contribution in [2.75, 3.05) is 5.32 Å². The van der Waals surface area contributed by atoms with Gasteiger partial charge in [-0.15, -0.1) is 11.3 Å². The van der Waals surface area contributed by atoms with E-state index >= 15 is 0 Å². The third-order valence-electron chi connectivity index (χ3n) is 5.45. The number of hydrogen-bond donors (Lipinski definition) is 3. The normalized spacial score (nSPS) is 12.7. The molecule has 0 bridgehead atoms. The average molecular weight is 523 g/mol. The second-order valence-electron chi connectivity index (χ2n) is 9.76. The molecule has 0 saturated heterocycles. The number of aliphatic carboxylic acids is 1. The van der Waals surface area contributed by atoms with Crippen LogP contribution in [0.3, 0.4) is 0 Å². The highest BCUT2D eigenvalue weighted by Gasteiger charge is 2.21. The maximum absolute atomic E-state index is 11.7. The number of aliphatic hydroxyl groups is 1. The average Bonchev–Trinajstić information content (AvgIpc) is 3.35. The summed E-state index contributed by atoms with van der Waals surface area (Å²) in [6, 6.07) is 15.2. The van der Waals surface area contributed by atoms with E-state index in [-0.39, 0.29) is 12.3 Å². The van der Waals surface area contributed by atoms with Crippen LogP contribution in [0.5, 0.6) is 0 Å². The lowest BCUT2D eigenvalue weighted by atomic mass is 9.93. The third-order valence-corrected chi connectivity index (χ3v) is 6.84. The van der Waals surface area contributed by atoms with Crippen LogP contribution >= 0.6 is 22.9 Å². The molecular formula is C28H27ClN2O4S. The van der Waals surface area contributed by atoms with Gasteiger partial charge in [-0.2, -0.15) is 0 Å². The quantitative estimate of drug-likeness (QED) is 0.284. The van der Waals surface area contributed by atoms with E-state index in [2.05, 4.69) is 5.32 Å². The number of carbonyl (C=O) groups excluding carboxylic acids is 1. The second kappa shape index (κ2) is 10.0. The largest absolute Gasteiger partial charge is 0.481 e. The van der Waals surface area contributed by atoms with Crippen LogP contribution in [0.25, 0.3) is 31.9 Å². The molecular weight excluding hydrogens is 496 g/mol. The number of fused-ring (bicyclic) bond motifs is 2. The van der Waals surface area contributed by atoms with Gasteiger partial charge in [-0.25, -0.2) is 4.98 Å². The standard InChI is InChI=1S/C24H17ClN2O3S.C4H10O/c1-12-8-19-23(22(17(12)11-21(29)30)13-2-5-16(25)6-3-13)31-24(27-19)14-4-7-18-15(9-14)10-20(28)26-18;1-4(2,3)5/h2-9H,10-11H2,1H3,(H,26,28)(H,29,30);5H,1-3H3. The Labute approximate surface area is 218 Å². The van der Waals surface area contributed by atoms with Crippen LogP contribution in [0, 0.1) is 6.92 Å². The van der Waals surface area contributed by atoms with Crippen LogP contribution < -0.4 is 5.32 Å². The maximum Gasteiger partial charge on any atom is 0.307 e. The Balaban J connectivity index is 0.000000556. The molecule has 3 aromatic carbocycles. The highest BCUT2D eigenvalue weighted by molar-refractivity contribution is 7.22. The summed E-state index contributed by atoms with van der Waals surface area (Å²) in [7, 11) is 0. The number of rotatable bonds is 4. The lowest BCUT2D eigenvalue weighted by Gasteiger charge is -2.13. The molecule has 186 valence electrons. The summed E-state index contributed by atoms with van der Waals surface area (Å²) >= 11 is 7.61. The molecule has 0 saturated carbocycles. The number of amides is 1. The highest BCUT2D eigenvalue weighted by atomic mass is 35.5. The van der Waals surface area contributed by atoms with Crippen molar-refractivity contribution < 1.29 is 19.8 Å². The molecule has 3 N–H and O–H groups in total. The molecule has 6 nitrogen and oxygen atoms in total. The first-order chi connectivity index (χ1) is 16.9. The van der Waals surface area contributed by atoms with Crippen LogP contribution in [0.2, 0.25) is 5.02 Å². The van der Waals surface area contributed by atoms with E-state index in [1.165, 1.54) is 11.3 Å². The molecule has 36 heavy (non-hydrogen) atoms. The molecule has 1 aromatic heterocycles. The lowest BCUT2D eigenvalue weighted by molar-refractivity contribution is -0.136. The molecule has 0 aliphatic carbocycles. The van der Waals surface area contributed by atoms with Crippen LogP contribution in [0.1, 0.15) is 37.5 Å². The highest BCUT2D eigenvalue weighted by Crippen LogP contribution is 2.41. The monoisotopic (exact) mass is 522 g/mol. The van der Waals surface area contributed by atoms with Crippen molar-refractivity contribution in [1.29, 1.82) is 0 Å². The second-order valence-corrected chi connectivity index (χ2v) is 11.2. The van der Waals surface area contributed by atoms with Crippen molar-refractivity contribution >= 4 is 50.7 Å². The Kier molecular flexibility index (Phi) is 7.18. The Bertz CT molecular complexity index is 1460. The fourth-order valence-corrected chi connectivity index (χ4v) is 5.28. The number of anilines is 1. The number of carboxylic acid groups (broad SMARTS) is 1. The summed E-state index contributed by atoms with van der Waals surface area (Å²) in [5.41, 5.74) is 6.53. The molecule has 8 heteroatoms. The number of aryl methyl sites for hydroxylation is 1. The van der Waals surface area contributed by atoms with Crippen molar-refractivity contribution in [2.45, 2.75) is 46.1 Å². The van der Waals surface area contributed by atoms with E-state index in [9.17, 15) is 14.7 Å². The van der Waals surface area contributed by atoms with Gasteiger partial charge in [0, 0.05) is 21.8 Å². The molecule has 1 aliphatic rings. The van der Waals surface area contributed by atoms with Gasteiger partial charge < -0.3 is 15.5 Å². The van der Waals surface area contributed by atoms with E-state index in [4.69, 9.17) is 21.7 Å². The number of halogens is 1. The molecule has 2 heterocycles. The number of thiazole rings is 1. The molecule has 4 aromatic rings. The van der Waals surface area contributed by atoms with Gasteiger partial charge in [0.15, 0.2) is 0 Å².